The van der Waals surface area contributed by atoms with Crippen LogP contribution in [0.25, 0.3) is 6.08 Å². The van der Waals surface area contributed by atoms with Crippen LogP contribution in [-0.2, 0) is 25.7 Å². The Kier molecular flexibility index (Phi) is 8.20. The van der Waals surface area contributed by atoms with E-state index in [1.807, 2.05) is 112 Å². The van der Waals surface area contributed by atoms with Gasteiger partial charge in [0.2, 0.25) is 0 Å². The number of hydrogen-bond donors (Lipinski definition) is 0. The van der Waals surface area contributed by atoms with E-state index in [1.165, 1.54) is 0 Å². The van der Waals surface area contributed by atoms with E-state index in [9.17, 15) is 9.59 Å². The maximum absolute atomic E-state index is 13.2. The first-order valence-electron chi connectivity index (χ1n) is 11.1. The molecular weight excluding hydrogens is 412 g/mol. The van der Waals surface area contributed by atoms with Crippen molar-refractivity contribution in [2.24, 2.45) is 0 Å². The van der Waals surface area contributed by atoms with Crippen LogP contribution < -0.4 is 0 Å². The van der Waals surface area contributed by atoms with Crippen LogP contribution in [0.15, 0.2) is 96.6 Å². The zero-order chi connectivity index (χ0) is 23.7. The first-order valence-corrected chi connectivity index (χ1v) is 11.1. The molecule has 0 fully saturated rings. The summed E-state index contributed by atoms with van der Waals surface area (Å²) >= 11 is 0. The maximum atomic E-state index is 13.2. The highest BCUT2D eigenvalue weighted by molar-refractivity contribution is 5.95. The van der Waals surface area contributed by atoms with Gasteiger partial charge in [-0.1, -0.05) is 91.0 Å². The lowest BCUT2D eigenvalue weighted by molar-refractivity contribution is -0.150. The summed E-state index contributed by atoms with van der Waals surface area (Å²) in [6.45, 7) is 5.66. The second-order valence-electron chi connectivity index (χ2n) is 8.84. The molecule has 1 atom stereocenters. The minimum atomic E-state index is -0.650. The monoisotopic (exact) mass is 442 g/mol. The van der Waals surface area contributed by atoms with Crippen LogP contribution in [0.1, 0.15) is 49.8 Å². The second-order valence-corrected chi connectivity index (χ2v) is 8.84. The van der Waals surface area contributed by atoms with Gasteiger partial charge in [0.05, 0.1) is 5.92 Å². The summed E-state index contributed by atoms with van der Waals surface area (Å²) in [7, 11) is 0. The van der Waals surface area contributed by atoms with Crippen LogP contribution in [0.2, 0.25) is 0 Å². The van der Waals surface area contributed by atoms with Crippen molar-refractivity contribution in [3.8, 4) is 0 Å². The number of esters is 2. The lowest BCUT2D eigenvalue weighted by atomic mass is 9.91. The number of rotatable bonds is 8. The van der Waals surface area contributed by atoms with E-state index < -0.39 is 17.5 Å². The average Bonchev–Trinajstić information content (AvgIpc) is 2.81. The van der Waals surface area contributed by atoms with Gasteiger partial charge in [-0.05, 0) is 50.0 Å². The first-order chi connectivity index (χ1) is 15.8. The topological polar surface area (TPSA) is 52.6 Å². The third kappa shape index (κ3) is 7.76. The fourth-order valence-electron chi connectivity index (χ4n) is 3.37. The molecule has 0 radical (unpaired) electrons. The number of ether oxygens (including phenoxy) is 2. The molecule has 0 unspecified atom stereocenters. The molecule has 0 amide bonds. The summed E-state index contributed by atoms with van der Waals surface area (Å²) in [5, 5.41) is 0. The van der Waals surface area contributed by atoms with Crippen LogP contribution in [0.5, 0.6) is 0 Å². The molecule has 33 heavy (non-hydrogen) atoms. The van der Waals surface area contributed by atoms with Crippen LogP contribution in [0.3, 0.4) is 0 Å². The van der Waals surface area contributed by atoms with E-state index in [2.05, 4.69) is 0 Å². The van der Waals surface area contributed by atoms with Gasteiger partial charge < -0.3 is 9.47 Å². The van der Waals surface area contributed by atoms with Crippen LogP contribution >= 0.6 is 0 Å². The molecule has 3 aromatic rings. The summed E-state index contributed by atoms with van der Waals surface area (Å²) in [6, 6.07) is 28.5. The van der Waals surface area contributed by atoms with Gasteiger partial charge >= 0.3 is 11.9 Å². The molecule has 0 bridgehead atoms. The van der Waals surface area contributed by atoms with Gasteiger partial charge in [-0.2, -0.15) is 0 Å². The predicted octanol–water partition coefficient (Wildman–Crippen LogP) is 6.33. The molecule has 0 saturated carbocycles. The first kappa shape index (κ1) is 24.0. The minimum Gasteiger partial charge on any atom is -0.460 e. The molecule has 4 nitrogen and oxygen atoms in total. The molecule has 3 rings (SSSR count). The summed E-state index contributed by atoms with van der Waals surface area (Å²) < 4.78 is 11.3. The van der Waals surface area contributed by atoms with Gasteiger partial charge in [-0.15, -0.1) is 0 Å². The Labute approximate surface area is 195 Å². The molecule has 0 N–H and O–H groups in total. The Morgan fingerprint density at radius 2 is 1.36 bits per heavy atom. The molecule has 170 valence electrons. The van der Waals surface area contributed by atoms with Gasteiger partial charge in [-0.25, -0.2) is 4.79 Å². The molecular formula is C29H30O4. The van der Waals surface area contributed by atoms with Crippen molar-refractivity contribution < 1.29 is 19.1 Å². The molecule has 0 spiro atoms. The van der Waals surface area contributed by atoms with Gasteiger partial charge in [-0.3, -0.25) is 4.79 Å². The molecule has 0 aliphatic heterocycles. The zero-order valence-electron chi connectivity index (χ0n) is 19.4. The Hall–Kier alpha value is -3.66. The van der Waals surface area contributed by atoms with E-state index in [4.69, 9.17) is 9.47 Å². The van der Waals surface area contributed by atoms with E-state index >= 15 is 0 Å². The second kappa shape index (κ2) is 11.3. The molecule has 3 aromatic carbocycles. The fourth-order valence-corrected chi connectivity index (χ4v) is 3.37. The molecule has 0 aromatic heterocycles. The Morgan fingerprint density at radius 1 is 0.818 bits per heavy atom. The summed E-state index contributed by atoms with van der Waals surface area (Å²) in [5.41, 5.74) is 2.33. The highest BCUT2D eigenvalue weighted by atomic mass is 16.6. The SMILES string of the molecule is CC(C)(C)OC(=O)/C(=C/c1ccccc1)C[C@H](C(=O)OCc1ccccc1)c1ccccc1. The highest BCUT2D eigenvalue weighted by Crippen LogP contribution is 2.28. The standard InChI is InChI=1S/C29H30O4/c1-29(2,3)33-27(30)25(19-22-13-7-4-8-14-22)20-26(24-17-11-6-12-18-24)28(31)32-21-23-15-9-5-10-16-23/h4-19,26H,20-21H2,1-3H3/b25-19+/t26-/m0/s1. The molecule has 0 heterocycles. The third-order valence-corrected chi connectivity index (χ3v) is 4.94. The van der Waals surface area contributed by atoms with Crippen molar-refractivity contribution in [2.75, 3.05) is 0 Å². The molecule has 0 aliphatic rings. The Morgan fingerprint density at radius 3 is 1.94 bits per heavy atom. The molecule has 0 saturated heterocycles. The van der Waals surface area contributed by atoms with Crippen LogP contribution in [0, 0.1) is 0 Å². The van der Waals surface area contributed by atoms with Crippen molar-refractivity contribution in [1.29, 1.82) is 0 Å². The van der Waals surface area contributed by atoms with E-state index in [0.717, 1.165) is 16.7 Å². The van der Waals surface area contributed by atoms with Gasteiger partial charge in [0.15, 0.2) is 0 Å². The minimum absolute atomic E-state index is 0.168. The van der Waals surface area contributed by atoms with Gasteiger partial charge in [0.25, 0.3) is 0 Å². The van der Waals surface area contributed by atoms with Crippen LogP contribution in [-0.4, -0.2) is 17.5 Å². The van der Waals surface area contributed by atoms with Crippen molar-refractivity contribution in [2.45, 2.75) is 45.3 Å². The van der Waals surface area contributed by atoms with Gasteiger partial charge in [0.1, 0.15) is 12.2 Å². The highest BCUT2D eigenvalue weighted by Gasteiger charge is 2.28. The van der Waals surface area contributed by atoms with Crippen LogP contribution in [0.4, 0.5) is 0 Å². The summed E-state index contributed by atoms with van der Waals surface area (Å²) in [6.07, 6.45) is 1.95. The Balaban J connectivity index is 1.90. The fraction of sp³-hybridized carbons (Fsp3) is 0.241. The van der Waals surface area contributed by atoms with Crippen molar-refractivity contribution in [1.82, 2.24) is 0 Å². The largest absolute Gasteiger partial charge is 0.460 e. The normalized spacial score (nSPS) is 12.6. The summed E-state index contributed by atoms with van der Waals surface area (Å²) in [5.74, 6) is -1.46. The number of hydrogen-bond acceptors (Lipinski definition) is 4. The predicted molar refractivity (Wildman–Crippen MR) is 130 cm³/mol. The maximum Gasteiger partial charge on any atom is 0.334 e. The lowest BCUT2D eigenvalue weighted by Crippen LogP contribution is -2.26. The van der Waals surface area contributed by atoms with E-state index in [0.29, 0.717) is 5.57 Å². The lowest BCUT2D eigenvalue weighted by Gasteiger charge is -2.23. The number of benzene rings is 3. The number of carbonyl (C=O) groups excluding carboxylic acids is 2. The summed E-state index contributed by atoms with van der Waals surface area (Å²) in [4.78, 5) is 26.3. The molecule has 4 heteroatoms. The quantitative estimate of drug-likeness (QED) is 0.302. The zero-order valence-corrected chi connectivity index (χ0v) is 19.4. The number of carbonyl (C=O) groups is 2. The van der Waals surface area contributed by atoms with Gasteiger partial charge in [0, 0.05) is 5.57 Å². The third-order valence-electron chi connectivity index (χ3n) is 4.94. The van der Waals surface area contributed by atoms with E-state index in [-0.39, 0.29) is 19.0 Å². The van der Waals surface area contributed by atoms with E-state index in [1.54, 1.807) is 6.08 Å². The Bertz CT molecular complexity index is 1060. The van der Waals surface area contributed by atoms with Crippen molar-refractivity contribution in [3.63, 3.8) is 0 Å². The van der Waals surface area contributed by atoms with Crippen molar-refractivity contribution >= 4 is 18.0 Å². The van der Waals surface area contributed by atoms with Crippen molar-refractivity contribution in [3.05, 3.63) is 113 Å². The smallest absolute Gasteiger partial charge is 0.334 e. The average molecular weight is 443 g/mol. The molecule has 0 aliphatic carbocycles.